The zero-order chi connectivity index (χ0) is 33.4. The molecule has 3 heterocycles. The number of hydrogen-bond donors (Lipinski definition) is 1. The van der Waals surface area contributed by atoms with Gasteiger partial charge < -0.3 is 19.7 Å². The Morgan fingerprint density at radius 2 is 1.85 bits per heavy atom. The number of carbonyl (C=O) groups excluding carboxylic acids is 3. The first kappa shape index (κ1) is 31.3. The van der Waals surface area contributed by atoms with Crippen LogP contribution in [0, 0.1) is 17.7 Å². The fraction of sp³-hybridized carbons (Fsp3) is 0.303. The quantitative estimate of drug-likeness (QED) is 0.206. The number of alkyl halides is 3. The lowest BCUT2D eigenvalue weighted by atomic mass is 9.71. The van der Waals surface area contributed by atoms with Crippen LogP contribution in [0.2, 0.25) is 10.0 Å². The molecule has 14 heteroatoms. The molecule has 2 fully saturated rings. The molecule has 8 nitrogen and oxygen atoms in total. The molecule has 1 spiro atoms. The molecule has 2 amide bonds. The second-order valence-corrected chi connectivity index (χ2v) is 12.6. The molecule has 1 aliphatic carbocycles. The van der Waals surface area contributed by atoms with Gasteiger partial charge in [-0.2, -0.15) is 0 Å². The van der Waals surface area contributed by atoms with Crippen molar-refractivity contribution in [3.63, 3.8) is 0 Å². The van der Waals surface area contributed by atoms with Gasteiger partial charge in [0.15, 0.2) is 5.54 Å². The Morgan fingerprint density at radius 3 is 2.55 bits per heavy atom. The molecule has 3 atom stereocenters. The lowest BCUT2D eigenvalue weighted by molar-refractivity contribution is -0.274. The molecule has 3 aliphatic heterocycles. The molecule has 0 bridgehead atoms. The van der Waals surface area contributed by atoms with Gasteiger partial charge >= 0.3 is 12.3 Å². The molecule has 1 saturated heterocycles. The van der Waals surface area contributed by atoms with Gasteiger partial charge in [0.1, 0.15) is 17.1 Å². The zero-order valence-electron chi connectivity index (χ0n) is 24.5. The number of likely N-dealkylation sites (tertiary alicyclic amines) is 1. The summed E-state index contributed by atoms with van der Waals surface area (Å²) in [5, 5.41) is 3.05. The Balaban J connectivity index is 1.42. The fourth-order valence-corrected chi connectivity index (χ4v) is 7.36. The molecule has 3 aromatic carbocycles. The van der Waals surface area contributed by atoms with E-state index in [-0.39, 0.29) is 28.8 Å². The molecule has 0 radical (unpaired) electrons. The van der Waals surface area contributed by atoms with Crippen molar-refractivity contribution >= 4 is 52.4 Å². The van der Waals surface area contributed by atoms with Gasteiger partial charge in [-0.3, -0.25) is 14.5 Å². The van der Waals surface area contributed by atoms with Gasteiger partial charge in [-0.1, -0.05) is 41.4 Å². The molecule has 0 aromatic heterocycles. The SMILES string of the molecule is CCOC(=O)c1ccc(N2C=C3[C@@H](C2=O)[C@H](c2cccc(Cl)c2F)[C@@]2(C(=O)Nc4cc(Cl)ccc42)N3CC2CC2)cc1OC(F)(F)F. The number of nitrogens with zero attached hydrogens (tertiary/aromatic N) is 2. The number of hydrogen-bond acceptors (Lipinski definition) is 6. The lowest BCUT2D eigenvalue weighted by Crippen LogP contribution is -2.51. The predicted molar refractivity (Wildman–Crippen MR) is 163 cm³/mol. The van der Waals surface area contributed by atoms with Crippen molar-refractivity contribution in [1.82, 2.24) is 4.90 Å². The second kappa shape index (κ2) is 11.2. The van der Waals surface area contributed by atoms with Crippen molar-refractivity contribution in [3.05, 3.63) is 99.0 Å². The van der Waals surface area contributed by atoms with Gasteiger partial charge in [-0.25, -0.2) is 9.18 Å². The Labute approximate surface area is 275 Å². The third-order valence-corrected chi connectivity index (χ3v) is 9.54. The monoisotopic (exact) mass is 689 g/mol. The third-order valence-electron chi connectivity index (χ3n) is 9.01. The van der Waals surface area contributed by atoms with Gasteiger partial charge in [0.2, 0.25) is 5.91 Å². The van der Waals surface area contributed by atoms with Crippen molar-refractivity contribution < 1.29 is 41.4 Å². The molecule has 4 aliphatic rings. The van der Waals surface area contributed by atoms with E-state index in [0.717, 1.165) is 29.9 Å². The number of amides is 2. The average Bonchev–Trinajstić information content (AvgIpc) is 3.62. The fourth-order valence-electron chi connectivity index (χ4n) is 7.01. The van der Waals surface area contributed by atoms with Crippen LogP contribution in [0.4, 0.5) is 28.9 Å². The molecule has 7 rings (SSSR count). The minimum atomic E-state index is -5.15. The van der Waals surface area contributed by atoms with Crippen molar-refractivity contribution in [1.29, 1.82) is 0 Å². The van der Waals surface area contributed by atoms with Gasteiger partial charge in [-0.15, -0.1) is 13.2 Å². The summed E-state index contributed by atoms with van der Waals surface area (Å²) in [5.74, 6) is -5.91. The maximum absolute atomic E-state index is 16.0. The van der Waals surface area contributed by atoms with E-state index in [9.17, 15) is 27.6 Å². The number of benzene rings is 3. The zero-order valence-corrected chi connectivity index (χ0v) is 26.0. The molecular formula is C33H25Cl2F4N3O5. The lowest BCUT2D eigenvalue weighted by Gasteiger charge is -2.40. The summed E-state index contributed by atoms with van der Waals surface area (Å²) in [6.07, 6.45) is -1.95. The predicted octanol–water partition coefficient (Wildman–Crippen LogP) is 7.37. The molecule has 0 unspecified atom stereocenters. The highest BCUT2D eigenvalue weighted by atomic mass is 35.5. The van der Waals surface area contributed by atoms with Crippen LogP contribution >= 0.6 is 23.2 Å². The van der Waals surface area contributed by atoms with Crippen LogP contribution in [0.1, 0.15) is 47.2 Å². The van der Waals surface area contributed by atoms with Gasteiger partial charge in [-0.05, 0) is 61.6 Å². The van der Waals surface area contributed by atoms with Crippen LogP contribution in [0.15, 0.2) is 66.5 Å². The molecule has 1 saturated carbocycles. The highest BCUT2D eigenvalue weighted by Crippen LogP contribution is 2.63. The summed E-state index contributed by atoms with van der Waals surface area (Å²) in [5.41, 5.74) is -0.771. The minimum absolute atomic E-state index is 0.0265. The number of halogens is 6. The number of fused-ring (bicyclic) bond motifs is 3. The van der Waals surface area contributed by atoms with E-state index in [2.05, 4.69) is 10.1 Å². The third kappa shape index (κ3) is 5.00. The summed E-state index contributed by atoms with van der Waals surface area (Å²) in [6.45, 7) is 1.76. The van der Waals surface area contributed by atoms with E-state index >= 15 is 4.39 Å². The topological polar surface area (TPSA) is 88.2 Å². The van der Waals surface area contributed by atoms with Gasteiger partial charge in [0, 0.05) is 46.7 Å². The highest BCUT2D eigenvalue weighted by Gasteiger charge is 2.69. The van der Waals surface area contributed by atoms with Crippen molar-refractivity contribution in [2.24, 2.45) is 11.8 Å². The van der Waals surface area contributed by atoms with Crippen molar-refractivity contribution in [3.8, 4) is 5.75 Å². The van der Waals surface area contributed by atoms with E-state index < -0.39 is 58.7 Å². The molecule has 47 heavy (non-hydrogen) atoms. The van der Waals surface area contributed by atoms with Crippen LogP contribution in [-0.2, 0) is 19.9 Å². The first-order chi connectivity index (χ1) is 22.3. The maximum atomic E-state index is 16.0. The van der Waals surface area contributed by atoms with E-state index in [0.29, 0.717) is 28.5 Å². The van der Waals surface area contributed by atoms with Crippen LogP contribution < -0.4 is 15.0 Å². The molecule has 3 aromatic rings. The van der Waals surface area contributed by atoms with E-state index in [1.54, 1.807) is 18.2 Å². The number of esters is 1. The Hall–Kier alpha value is -4.29. The van der Waals surface area contributed by atoms with Crippen molar-refractivity contribution in [2.75, 3.05) is 23.4 Å². The van der Waals surface area contributed by atoms with E-state index in [1.807, 2.05) is 4.90 Å². The second-order valence-electron chi connectivity index (χ2n) is 11.8. The number of rotatable bonds is 7. The van der Waals surface area contributed by atoms with E-state index in [4.69, 9.17) is 27.9 Å². The van der Waals surface area contributed by atoms with Crippen LogP contribution in [0.5, 0.6) is 5.75 Å². The average molecular weight is 690 g/mol. The van der Waals surface area contributed by atoms with Gasteiger partial charge in [0.25, 0.3) is 5.91 Å². The molecular weight excluding hydrogens is 665 g/mol. The first-order valence-electron chi connectivity index (χ1n) is 14.8. The highest BCUT2D eigenvalue weighted by molar-refractivity contribution is 6.31. The summed E-state index contributed by atoms with van der Waals surface area (Å²) >= 11 is 12.5. The summed E-state index contributed by atoms with van der Waals surface area (Å²) in [4.78, 5) is 44.3. The van der Waals surface area contributed by atoms with Crippen LogP contribution in [0.25, 0.3) is 0 Å². The first-order valence-corrected chi connectivity index (χ1v) is 15.6. The van der Waals surface area contributed by atoms with Crippen molar-refractivity contribution in [2.45, 2.75) is 37.6 Å². The number of carbonyl (C=O) groups is 3. The van der Waals surface area contributed by atoms with E-state index in [1.165, 1.54) is 37.4 Å². The Morgan fingerprint density at radius 1 is 1.09 bits per heavy atom. The number of anilines is 2. The molecule has 1 N–H and O–H groups in total. The van der Waals surface area contributed by atoms with Gasteiger partial charge in [0.05, 0.1) is 23.2 Å². The summed E-state index contributed by atoms with van der Waals surface area (Å²) in [6, 6.07) is 12.6. The normalized spacial score (nSPS) is 23.2. The largest absolute Gasteiger partial charge is 0.573 e. The minimum Gasteiger partial charge on any atom is -0.462 e. The number of nitrogens with one attached hydrogen (secondary N) is 1. The maximum Gasteiger partial charge on any atom is 0.573 e. The van der Waals surface area contributed by atoms with Crippen LogP contribution in [0.3, 0.4) is 0 Å². The number of ether oxygens (including phenoxy) is 2. The standard InChI is InChI=1S/C33H25Cl2F4N3O5/c1-2-46-30(44)19-10-9-18(13-25(19)47-33(37,38)39)41-15-24-26(29(41)43)27(20-4-3-5-22(35)28(20)36)32(42(24)14-16-6-7-16)21-11-8-17(34)12-23(21)40-31(32)45/h3-5,8-13,15-16,26-27H,2,6-7,14H2,1H3,(H,40,45)/t26-,27+,32+/m1/s1. The summed E-state index contributed by atoms with van der Waals surface area (Å²) in [7, 11) is 0. The Bertz CT molecular complexity index is 1880. The smallest absolute Gasteiger partial charge is 0.462 e. The van der Waals surface area contributed by atoms with Crippen LogP contribution in [-0.4, -0.2) is 42.2 Å². The summed E-state index contributed by atoms with van der Waals surface area (Å²) < 4.78 is 65.4. The molecule has 244 valence electrons. The Kier molecular flexibility index (Phi) is 7.43.